The van der Waals surface area contributed by atoms with Crippen molar-refractivity contribution >= 4 is 16.1 Å². The predicted molar refractivity (Wildman–Crippen MR) is 94.5 cm³/mol. The summed E-state index contributed by atoms with van der Waals surface area (Å²) in [6, 6.07) is 5.68. The fourth-order valence-electron chi connectivity index (χ4n) is 1.66. The van der Waals surface area contributed by atoms with Crippen molar-refractivity contribution in [1.29, 1.82) is 0 Å². The number of halogens is 6. The van der Waals surface area contributed by atoms with Gasteiger partial charge in [-0.3, -0.25) is 8.98 Å². The summed E-state index contributed by atoms with van der Waals surface area (Å²) in [5, 5.41) is 25.6. The largest absolute Gasteiger partial charge is 0.481 e. The van der Waals surface area contributed by atoms with Crippen LogP contribution in [0.1, 0.15) is 32.3 Å². The van der Waals surface area contributed by atoms with Crippen molar-refractivity contribution in [3.8, 4) is 0 Å². The molecular weight excluding hydrogens is 462 g/mol. The standard InChI is InChI=1S/C12H15F3O4S.C5H7F3O3/c1-9-3-5-10(6-4-9)20(17,18)19-8-7-11(2,16)12(13,14)15;1-4(11,2-3(9)10)5(6,7)8/h3-6,16H,7-8H2,1-2H3;11H,2H2,1H3,(H,9,10). The van der Waals surface area contributed by atoms with Crippen molar-refractivity contribution in [2.24, 2.45) is 0 Å². The quantitative estimate of drug-likeness (QED) is 0.402. The van der Waals surface area contributed by atoms with Crippen molar-refractivity contribution < 1.29 is 59.1 Å². The number of aryl methyl sites for hydroxylation is 1. The molecule has 0 radical (unpaired) electrons. The summed E-state index contributed by atoms with van der Waals surface area (Å²) in [6.07, 6.45) is -12.0. The van der Waals surface area contributed by atoms with Crippen molar-refractivity contribution in [1.82, 2.24) is 0 Å². The summed E-state index contributed by atoms with van der Waals surface area (Å²) in [4.78, 5) is 9.66. The Kier molecular flexibility index (Phi) is 9.52. The fraction of sp³-hybridized carbons (Fsp3) is 0.588. The minimum absolute atomic E-state index is 0.144. The van der Waals surface area contributed by atoms with E-state index in [-0.39, 0.29) is 4.90 Å². The smallest absolute Gasteiger partial charge is 0.417 e. The first-order valence-electron chi connectivity index (χ1n) is 8.38. The summed E-state index contributed by atoms with van der Waals surface area (Å²) >= 11 is 0. The maximum atomic E-state index is 12.4. The Morgan fingerprint density at radius 1 is 0.935 bits per heavy atom. The minimum atomic E-state index is -4.90. The maximum Gasteiger partial charge on any atom is 0.417 e. The second-order valence-corrected chi connectivity index (χ2v) is 8.57. The zero-order valence-electron chi connectivity index (χ0n) is 16.6. The molecule has 0 aliphatic carbocycles. The molecule has 31 heavy (non-hydrogen) atoms. The van der Waals surface area contributed by atoms with Crippen LogP contribution in [0.25, 0.3) is 0 Å². The van der Waals surface area contributed by atoms with Crippen LogP contribution in [-0.2, 0) is 19.1 Å². The molecule has 0 saturated heterocycles. The molecule has 2 atom stereocenters. The van der Waals surface area contributed by atoms with Crippen LogP contribution in [0.15, 0.2) is 29.2 Å². The van der Waals surface area contributed by atoms with E-state index >= 15 is 0 Å². The Hall–Kier alpha value is -1.90. The lowest BCUT2D eigenvalue weighted by atomic mass is 10.0. The molecule has 3 N–H and O–H groups in total. The number of carboxylic acids is 1. The van der Waals surface area contributed by atoms with Gasteiger partial charge >= 0.3 is 18.3 Å². The summed E-state index contributed by atoms with van der Waals surface area (Å²) in [5.74, 6) is -1.69. The van der Waals surface area contributed by atoms with E-state index in [1.165, 1.54) is 12.1 Å². The lowest BCUT2D eigenvalue weighted by molar-refractivity contribution is -0.256. The first kappa shape index (κ1) is 29.1. The highest BCUT2D eigenvalue weighted by Crippen LogP contribution is 2.33. The van der Waals surface area contributed by atoms with Gasteiger partial charge in [0, 0.05) is 6.42 Å². The molecule has 0 heterocycles. The molecule has 0 bridgehead atoms. The molecule has 14 heteroatoms. The van der Waals surface area contributed by atoms with Crippen molar-refractivity contribution in [3.05, 3.63) is 29.8 Å². The lowest BCUT2D eigenvalue weighted by Crippen LogP contribution is -2.43. The van der Waals surface area contributed by atoms with Crippen LogP contribution in [0.2, 0.25) is 0 Å². The van der Waals surface area contributed by atoms with E-state index in [9.17, 15) is 39.6 Å². The molecule has 1 aromatic rings. The number of carboxylic acid groups (broad SMARTS) is 1. The van der Waals surface area contributed by atoms with E-state index in [1.807, 2.05) is 0 Å². The normalized spacial score (nSPS) is 16.5. The van der Waals surface area contributed by atoms with Gasteiger partial charge in [-0.2, -0.15) is 34.8 Å². The summed E-state index contributed by atoms with van der Waals surface area (Å²) < 4.78 is 100. The van der Waals surface area contributed by atoms with Gasteiger partial charge in [0.15, 0.2) is 11.2 Å². The number of hydrogen-bond donors (Lipinski definition) is 3. The van der Waals surface area contributed by atoms with Gasteiger partial charge in [0.2, 0.25) is 0 Å². The van der Waals surface area contributed by atoms with Crippen LogP contribution in [0, 0.1) is 6.92 Å². The molecule has 0 spiro atoms. The third-order valence-electron chi connectivity index (χ3n) is 3.85. The zero-order valence-corrected chi connectivity index (χ0v) is 17.4. The van der Waals surface area contributed by atoms with Gasteiger partial charge in [-0.15, -0.1) is 0 Å². The number of benzene rings is 1. The van der Waals surface area contributed by atoms with Gasteiger partial charge in [0.05, 0.1) is 17.9 Å². The van der Waals surface area contributed by atoms with E-state index in [0.717, 1.165) is 5.56 Å². The van der Waals surface area contributed by atoms with E-state index in [2.05, 4.69) is 4.18 Å². The molecule has 0 aliphatic heterocycles. The van der Waals surface area contributed by atoms with Gasteiger partial charge in [-0.05, 0) is 32.9 Å². The number of hydrogen-bond acceptors (Lipinski definition) is 6. The van der Waals surface area contributed by atoms with E-state index in [0.29, 0.717) is 13.8 Å². The summed E-state index contributed by atoms with van der Waals surface area (Å²) in [7, 11) is -4.12. The third kappa shape index (κ3) is 9.41. The lowest BCUT2D eigenvalue weighted by Gasteiger charge is -2.25. The molecule has 0 amide bonds. The van der Waals surface area contributed by atoms with E-state index < -0.39 is 59.1 Å². The zero-order chi connectivity index (χ0) is 24.9. The molecule has 0 saturated carbocycles. The highest BCUT2D eigenvalue weighted by atomic mass is 32.2. The van der Waals surface area contributed by atoms with E-state index in [1.54, 1.807) is 19.1 Å². The molecular formula is C17H22F6O7S. The first-order chi connectivity index (χ1) is 13.6. The maximum absolute atomic E-state index is 12.4. The van der Waals surface area contributed by atoms with E-state index in [4.69, 9.17) is 15.3 Å². The van der Waals surface area contributed by atoms with Gasteiger partial charge in [-0.25, -0.2) is 0 Å². The van der Waals surface area contributed by atoms with Crippen LogP contribution in [0.5, 0.6) is 0 Å². The number of rotatable bonds is 7. The molecule has 1 rings (SSSR count). The molecule has 7 nitrogen and oxygen atoms in total. The van der Waals surface area contributed by atoms with Gasteiger partial charge in [0.25, 0.3) is 10.1 Å². The number of aliphatic carboxylic acids is 1. The Morgan fingerprint density at radius 2 is 1.35 bits per heavy atom. The molecule has 180 valence electrons. The Morgan fingerprint density at radius 3 is 1.68 bits per heavy atom. The minimum Gasteiger partial charge on any atom is -0.481 e. The highest BCUT2D eigenvalue weighted by molar-refractivity contribution is 7.86. The first-order valence-corrected chi connectivity index (χ1v) is 9.79. The molecule has 0 fully saturated rings. The van der Waals surface area contributed by atoms with Crippen molar-refractivity contribution in [2.45, 2.75) is 62.1 Å². The van der Waals surface area contributed by atoms with Crippen molar-refractivity contribution in [2.75, 3.05) is 6.61 Å². The Labute approximate surface area is 174 Å². The second-order valence-electron chi connectivity index (χ2n) is 6.95. The predicted octanol–water partition coefficient (Wildman–Crippen LogP) is 3.18. The molecule has 0 aromatic heterocycles. The molecule has 0 aliphatic rings. The number of aliphatic hydroxyl groups is 2. The van der Waals surface area contributed by atoms with Crippen molar-refractivity contribution in [3.63, 3.8) is 0 Å². The van der Waals surface area contributed by atoms with Gasteiger partial charge < -0.3 is 15.3 Å². The third-order valence-corrected chi connectivity index (χ3v) is 5.18. The average molecular weight is 484 g/mol. The summed E-state index contributed by atoms with van der Waals surface area (Å²) in [5.41, 5.74) is -5.29. The Balaban J connectivity index is 0.000000695. The molecule has 2 unspecified atom stereocenters. The summed E-state index contributed by atoms with van der Waals surface area (Å²) in [6.45, 7) is 1.98. The number of alkyl halides is 6. The van der Waals surface area contributed by atoms with Gasteiger partial charge in [0.1, 0.15) is 0 Å². The van der Waals surface area contributed by atoms with Crippen LogP contribution in [0.3, 0.4) is 0 Å². The number of carbonyl (C=O) groups is 1. The second kappa shape index (κ2) is 10.1. The Bertz CT molecular complexity index is 828. The SMILES string of the molecule is CC(O)(CC(=O)O)C(F)(F)F.Cc1ccc(S(=O)(=O)OCCC(C)(O)C(F)(F)F)cc1. The van der Waals surface area contributed by atoms with Crippen LogP contribution in [0.4, 0.5) is 26.3 Å². The fourth-order valence-corrected chi connectivity index (χ4v) is 2.57. The monoisotopic (exact) mass is 484 g/mol. The van der Waals surface area contributed by atoms with Crippen LogP contribution in [-0.4, -0.2) is 59.9 Å². The molecule has 1 aromatic carbocycles. The van der Waals surface area contributed by atoms with Crippen LogP contribution < -0.4 is 0 Å². The highest BCUT2D eigenvalue weighted by Gasteiger charge is 2.51. The van der Waals surface area contributed by atoms with Crippen LogP contribution >= 0.6 is 0 Å². The van der Waals surface area contributed by atoms with Gasteiger partial charge in [-0.1, -0.05) is 17.7 Å². The average Bonchev–Trinajstić information content (AvgIpc) is 2.52. The topological polar surface area (TPSA) is 121 Å².